The van der Waals surface area contributed by atoms with Crippen molar-refractivity contribution >= 4 is 40.7 Å². The molecule has 0 spiro atoms. The van der Waals surface area contributed by atoms with Crippen LogP contribution in [0.5, 0.6) is 0 Å². The molecule has 0 radical (unpaired) electrons. The molecule has 0 N–H and O–H groups in total. The van der Waals surface area contributed by atoms with Crippen molar-refractivity contribution in [1.29, 1.82) is 5.26 Å². The van der Waals surface area contributed by atoms with Crippen molar-refractivity contribution < 1.29 is 19.3 Å². The number of hydrogen-bond donors (Lipinski definition) is 0. The van der Waals surface area contributed by atoms with Crippen LogP contribution in [0.2, 0.25) is 5.02 Å². The zero-order valence-electron chi connectivity index (χ0n) is 18.8. The standard InChI is InChI=1S/C26H19ClN4O5/c27-20-3-1-2-17(14-20)12-13-29(25(33)19-6-10-22(11-7-19)31(35)36)23-15-24(32)30(26(23)34)21-8-4-18(16-28)5-9-21/h1-11,14,23H,12-13,15H2. The van der Waals surface area contributed by atoms with E-state index >= 15 is 0 Å². The number of non-ortho nitro benzene ring substituents is 1. The lowest BCUT2D eigenvalue weighted by atomic mass is 10.1. The molecule has 0 bridgehead atoms. The Hall–Kier alpha value is -4.55. The molecule has 0 aliphatic carbocycles. The number of anilines is 1. The Morgan fingerprint density at radius 2 is 1.81 bits per heavy atom. The summed E-state index contributed by atoms with van der Waals surface area (Å²) in [5, 5.41) is 20.5. The molecule has 10 heteroatoms. The summed E-state index contributed by atoms with van der Waals surface area (Å²) < 4.78 is 0. The lowest BCUT2D eigenvalue weighted by Gasteiger charge is -2.28. The van der Waals surface area contributed by atoms with Crippen molar-refractivity contribution in [3.05, 3.63) is 105 Å². The fourth-order valence-electron chi connectivity index (χ4n) is 4.05. The van der Waals surface area contributed by atoms with E-state index in [1.807, 2.05) is 12.1 Å². The van der Waals surface area contributed by atoms with Gasteiger partial charge in [0.05, 0.1) is 28.7 Å². The number of hydrogen-bond acceptors (Lipinski definition) is 6. The predicted octanol–water partition coefficient (Wildman–Crippen LogP) is 4.14. The number of carbonyl (C=O) groups excluding carboxylic acids is 3. The van der Waals surface area contributed by atoms with E-state index in [1.54, 1.807) is 18.2 Å². The largest absolute Gasteiger partial charge is 0.326 e. The maximum atomic E-state index is 13.5. The third-order valence-corrected chi connectivity index (χ3v) is 6.11. The van der Waals surface area contributed by atoms with Gasteiger partial charge in [-0.15, -0.1) is 0 Å². The monoisotopic (exact) mass is 502 g/mol. The van der Waals surface area contributed by atoms with Crippen LogP contribution in [-0.4, -0.2) is 40.1 Å². The van der Waals surface area contributed by atoms with Gasteiger partial charge in [0.2, 0.25) is 5.91 Å². The zero-order chi connectivity index (χ0) is 25.8. The van der Waals surface area contributed by atoms with Crippen molar-refractivity contribution in [2.75, 3.05) is 11.4 Å². The van der Waals surface area contributed by atoms with Gasteiger partial charge in [-0.1, -0.05) is 23.7 Å². The van der Waals surface area contributed by atoms with E-state index in [0.717, 1.165) is 10.5 Å². The van der Waals surface area contributed by atoms with Crippen molar-refractivity contribution in [1.82, 2.24) is 4.90 Å². The number of halogens is 1. The molecular formula is C26H19ClN4O5. The summed E-state index contributed by atoms with van der Waals surface area (Å²) in [5.41, 5.74) is 1.51. The molecule has 9 nitrogen and oxygen atoms in total. The molecule has 4 rings (SSSR count). The Balaban J connectivity index is 1.64. The van der Waals surface area contributed by atoms with Crippen LogP contribution in [0.15, 0.2) is 72.8 Å². The van der Waals surface area contributed by atoms with Gasteiger partial charge in [0.15, 0.2) is 0 Å². The van der Waals surface area contributed by atoms with E-state index in [-0.39, 0.29) is 24.2 Å². The molecule has 1 fully saturated rings. The summed E-state index contributed by atoms with van der Waals surface area (Å²) >= 11 is 6.08. The van der Waals surface area contributed by atoms with Gasteiger partial charge in [0, 0.05) is 29.3 Å². The van der Waals surface area contributed by atoms with Crippen LogP contribution in [0.1, 0.15) is 27.9 Å². The van der Waals surface area contributed by atoms with Crippen molar-refractivity contribution in [2.24, 2.45) is 0 Å². The van der Waals surface area contributed by atoms with Gasteiger partial charge in [-0.3, -0.25) is 24.5 Å². The predicted molar refractivity (Wildman–Crippen MR) is 131 cm³/mol. The normalized spacial score (nSPS) is 15.0. The summed E-state index contributed by atoms with van der Waals surface area (Å²) in [6.45, 7) is 0.112. The van der Waals surface area contributed by atoms with Gasteiger partial charge in [0.25, 0.3) is 17.5 Å². The maximum absolute atomic E-state index is 13.5. The lowest BCUT2D eigenvalue weighted by Crippen LogP contribution is -2.46. The molecule has 36 heavy (non-hydrogen) atoms. The Morgan fingerprint density at radius 1 is 1.11 bits per heavy atom. The van der Waals surface area contributed by atoms with Gasteiger partial charge < -0.3 is 4.90 Å². The molecule has 1 heterocycles. The average Bonchev–Trinajstić information content (AvgIpc) is 3.17. The number of carbonyl (C=O) groups is 3. The Bertz CT molecular complexity index is 1380. The van der Waals surface area contributed by atoms with Gasteiger partial charge >= 0.3 is 0 Å². The second kappa shape index (κ2) is 10.4. The molecular weight excluding hydrogens is 484 g/mol. The molecule has 0 aromatic heterocycles. The Morgan fingerprint density at radius 3 is 2.42 bits per heavy atom. The fraction of sp³-hybridized carbons (Fsp3) is 0.154. The molecule has 1 aliphatic heterocycles. The van der Waals surface area contributed by atoms with E-state index in [2.05, 4.69) is 0 Å². The number of nitro benzene ring substituents is 1. The number of nitro groups is 1. The third kappa shape index (κ3) is 5.09. The first kappa shape index (κ1) is 24.6. The second-order valence-electron chi connectivity index (χ2n) is 8.13. The minimum atomic E-state index is -1.06. The molecule has 1 saturated heterocycles. The van der Waals surface area contributed by atoms with Gasteiger partial charge in [-0.25, -0.2) is 4.90 Å². The SMILES string of the molecule is N#Cc1ccc(N2C(=O)CC(N(CCc3cccc(Cl)c3)C(=O)c3ccc([N+](=O)[O-])cc3)C2=O)cc1. The molecule has 3 aromatic rings. The first-order valence-corrected chi connectivity index (χ1v) is 11.3. The van der Waals surface area contributed by atoms with E-state index < -0.39 is 28.7 Å². The van der Waals surface area contributed by atoms with Crippen LogP contribution in [-0.2, 0) is 16.0 Å². The van der Waals surface area contributed by atoms with Gasteiger partial charge in [-0.05, 0) is 60.5 Å². The third-order valence-electron chi connectivity index (χ3n) is 5.87. The van der Waals surface area contributed by atoms with E-state index in [0.29, 0.717) is 22.7 Å². The number of benzene rings is 3. The summed E-state index contributed by atoms with van der Waals surface area (Å²) in [6, 6.07) is 19.1. The molecule has 0 saturated carbocycles. The molecule has 1 unspecified atom stereocenters. The average molecular weight is 503 g/mol. The van der Waals surface area contributed by atoms with E-state index in [9.17, 15) is 24.5 Å². The van der Waals surface area contributed by atoms with E-state index in [4.69, 9.17) is 16.9 Å². The Kier molecular flexibility index (Phi) is 7.08. The highest BCUT2D eigenvalue weighted by atomic mass is 35.5. The highest BCUT2D eigenvalue weighted by molar-refractivity contribution is 6.30. The second-order valence-corrected chi connectivity index (χ2v) is 8.56. The van der Waals surface area contributed by atoms with Crippen molar-refractivity contribution in [3.8, 4) is 6.07 Å². The van der Waals surface area contributed by atoms with Crippen molar-refractivity contribution in [2.45, 2.75) is 18.9 Å². The van der Waals surface area contributed by atoms with Gasteiger partial charge in [-0.2, -0.15) is 5.26 Å². The highest BCUT2D eigenvalue weighted by Gasteiger charge is 2.44. The Labute approximate surface area is 211 Å². The lowest BCUT2D eigenvalue weighted by molar-refractivity contribution is -0.384. The minimum absolute atomic E-state index is 0.112. The fourth-order valence-corrected chi connectivity index (χ4v) is 4.26. The summed E-state index contributed by atoms with van der Waals surface area (Å²) in [4.78, 5) is 52.5. The topological polar surface area (TPSA) is 125 Å². The minimum Gasteiger partial charge on any atom is -0.326 e. The zero-order valence-corrected chi connectivity index (χ0v) is 19.6. The molecule has 3 aromatic carbocycles. The van der Waals surface area contributed by atoms with Gasteiger partial charge in [0.1, 0.15) is 6.04 Å². The molecule has 3 amide bonds. The summed E-state index contributed by atoms with van der Waals surface area (Å²) in [6.07, 6.45) is 0.154. The van der Waals surface area contributed by atoms with Crippen molar-refractivity contribution in [3.63, 3.8) is 0 Å². The van der Waals surface area contributed by atoms with Crippen LogP contribution in [0.4, 0.5) is 11.4 Å². The summed E-state index contributed by atoms with van der Waals surface area (Å²) in [7, 11) is 0. The molecule has 1 aliphatic rings. The van der Waals surface area contributed by atoms with Crippen LogP contribution in [0.25, 0.3) is 0 Å². The highest BCUT2D eigenvalue weighted by Crippen LogP contribution is 2.28. The smallest absolute Gasteiger partial charge is 0.269 e. The van der Waals surface area contributed by atoms with E-state index in [1.165, 1.54) is 53.4 Å². The van der Waals surface area contributed by atoms with Crippen LogP contribution in [0, 0.1) is 21.4 Å². The first-order chi connectivity index (χ1) is 17.3. The number of amides is 3. The molecule has 1 atom stereocenters. The first-order valence-electron chi connectivity index (χ1n) is 11.0. The number of rotatable bonds is 7. The van der Waals surface area contributed by atoms with Crippen LogP contribution >= 0.6 is 11.6 Å². The van der Waals surface area contributed by atoms with Crippen LogP contribution in [0.3, 0.4) is 0 Å². The molecule has 180 valence electrons. The van der Waals surface area contributed by atoms with Crippen LogP contribution < -0.4 is 4.90 Å². The quantitative estimate of drug-likeness (QED) is 0.271. The number of nitrogens with zero attached hydrogens (tertiary/aromatic N) is 4. The summed E-state index contributed by atoms with van der Waals surface area (Å²) in [5.74, 6) is -1.57. The number of imide groups is 1. The number of nitriles is 1. The maximum Gasteiger partial charge on any atom is 0.269 e.